The van der Waals surface area contributed by atoms with E-state index in [4.69, 9.17) is 10.5 Å². The molecule has 1 atom stereocenters. The molecule has 1 saturated heterocycles. The number of halogens is 4. The fourth-order valence-electron chi connectivity index (χ4n) is 2.90. The number of ether oxygens (including phenoxy) is 1. The van der Waals surface area contributed by atoms with E-state index in [2.05, 4.69) is 22.1 Å². The van der Waals surface area contributed by atoms with Crippen LogP contribution in [0.1, 0.15) is 25.3 Å². The molecule has 1 aliphatic heterocycles. The van der Waals surface area contributed by atoms with Gasteiger partial charge >= 0.3 is 6.18 Å². The minimum atomic E-state index is -4.35. The lowest BCUT2D eigenvalue weighted by Crippen LogP contribution is -2.42. The number of nitrogens with one attached hydrogen (secondary N) is 1. The van der Waals surface area contributed by atoms with Gasteiger partial charge in [-0.15, -0.1) is 24.0 Å². The van der Waals surface area contributed by atoms with E-state index in [0.717, 1.165) is 31.6 Å². The van der Waals surface area contributed by atoms with Gasteiger partial charge in [-0.2, -0.15) is 13.2 Å². The van der Waals surface area contributed by atoms with E-state index in [9.17, 15) is 13.2 Å². The Kier molecular flexibility index (Phi) is 9.48. The molecule has 148 valence electrons. The Hall–Kier alpha value is -1.23. The van der Waals surface area contributed by atoms with Crippen LogP contribution in [0.5, 0.6) is 5.75 Å². The molecule has 1 heterocycles. The van der Waals surface area contributed by atoms with Crippen molar-refractivity contribution >= 4 is 29.9 Å². The Morgan fingerprint density at radius 3 is 2.88 bits per heavy atom. The maximum Gasteiger partial charge on any atom is 0.422 e. The first kappa shape index (κ1) is 22.8. The highest BCUT2D eigenvalue weighted by Crippen LogP contribution is 2.19. The van der Waals surface area contributed by atoms with E-state index in [1.807, 2.05) is 0 Å². The number of alkyl halides is 3. The highest BCUT2D eigenvalue weighted by Gasteiger charge is 2.28. The smallest absolute Gasteiger partial charge is 0.422 e. The lowest BCUT2D eigenvalue weighted by atomic mass is 10.2. The second-order valence-corrected chi connectivity index (χ2v) is 6.06. The maximum absolute atomic E-state index is 12.2. The van der Waals surface area contributed by atoms with Crippen molar-refractivity contribution in [3.05, 3.63) is 29.8 Å². The minimum Gasteiger partial charge on any atom is -0.484 e. The molecule has 26 heavy (non-hydrogen) atoms. The number of nitrogens with zero attached hydrogens (tertiary/aromatic N) is 2. The van der Waals surface area contributed by atoms with Gasteiger partial charge in [0.1, 0.15) is 5.75 Å². The molecule has 1 unspecified atom stereocenters. The monoisotopic (exact) mass is 486 g/mol. The molecule has 0 saturated carbocycles. The molecule has 1 fully saturated rings. The van der Waals surface area contributed by atoms with E-state index < -0.39 is 12.8 Å². The van der Waals surface area contributed by atoms with Crippen molar-refractivity contribution in [3.8, 4) is 5.75 Å². The fourth-order valence-corrected chi connectivity index (χ4v) is 2.90. The zero-order valence-corrected chi connectivity index (χ0v) is 17.1. The van der Waals surface area contributed by atoms with Crippen LogP contribution in [0.3, 0.4) is 0 Å². The Morgan fingerprint density at radius 1 is 1.42 bits per heavy atom. The predicted octanol–water partition coefficient (Wildman–Crippen LogP) is 3.13. The number of likely N-dealkylation sites (N-methyl/N-ethyl adjacent to an activating group) is 1. The van der Waals surface area contributed by atoms with Crippen molar-refractivity contribution < 1.29 is 17.9 Å². The zero-order valence-electron chi connectivity index (χ0n) is 14.8. The molecule has 0 radical (unpaired) electrons. The van der Waals surface area contributed by atoms with Gasteiger partial charge in [-0.3, -0.25) is 4.90 Å². The Balaban J connectivity index is 0.00000338. The summed E-state index contributed by atoms with van der Waals surface area (Å²) in [5.41, 5.74) is 6.62. The molecule has 3 N–H and O–H groups in total. The molecule has 0 amide bonds. The van der Waals surface area contributed by atoms with Gasteiger partial charge in [-0.05, 0) is 43.6 Å². The molecule has 0 aliphatic carbocycles. The highest BCUT2D eigenvalue weighted by atomic mass is 127. The largest absolute Gasteiger partial charge is 0.484 e. The predicted molar refractivity (Wildman–Crippen MR) is 107 cm³/mol. The summed E-state index contributed by atoms with van der Waals surface area (Å²) < 4.78 is 41.3. The number of hydrogen-bond donors (Lipinski definition) is 2. The normalized spacial score (nSPS) is 18.5. The van der Waals surface area contributed by atoms with Crippen LogP contribution >= 0.6 is 24.0 Å². The summed E-state index contributed by atoms with van der Waals surface area (Å²) in [6, 6.07) is 6.90. The number of guanidine groups is 1. The molecular formula is C17H26F3IN4O. The number of hydrogen-bond acceptors (Lipinski definition) is 3. The molecule has 1 aliphatic rings. The van der Waals surface area contributed by atoms with E-state index in [1.165, 1.54) is 18.6 Å². The zero-order chi connectivity index (χ0) is 18.3. The number of aliphatic imine (C=N–C) groups is 1. The Labute approximate surface area is 169 Å². The van der Waals surface area contributed by atoms with E-state index >= 15 is 0 Å². The summed E-state index contributed by atoms with van der Waals surface area (Å²) in [4.78, 5) is 6.65. The third kappa shape index (κ3) is 7.98. The van der Waals surface area contributed by atoms with Gasteiger partial charge in [0, 0.05) is 12.6 Å². The third-order valence-electron chi connectivity index (χ3n) is 4.16. The summed E-state index contributed by atoms with van der Waals surface area (Å²) in [7, 11) is 0. The number of benzene rings is 1. The van der Waals surface area contributed by atoms with E-state index in [0.29, 0.717) is 12.0 Å². The first-order chi connectivity index (χ1) is 11.9. The van der Waals surface area contributed by atoms with Crippen LogP contribution in [-0.2, 0) is 6.54 Å². The third-order valence-corrected chi connectivity index (χ3v) is 4.16. The second-order valence-electron chi connectivity index (χ2n) is 6.06. The van der Waals surface area contributed by atoms with Gasteiger partial charge in [0.2, 0.25) is 0 Å². The van der Waals surface area contributed by atoms with Gasteiger partial charge < -0.3 is 15.8 Å². The quantitative estimate of drug-likeness (QED) is 0.353. The van der Waals surface area contributed by atoms with Gasteiger partial charge in [0.05, 0.1) is 6.54 Å². The molecule has 0 bridgehead atoms. The van der Waals surface area contributed by atoms with Crippen LogP contribution in [0.15, 0.2) is 29.3 Å². The average molecular weight is 486 g/mol. The molecule has 0 aromatic heterocycles. The highest BCUT2D eigenvalue weighted by molar-refractivity contribution is 14.0. The van der Waals surface area contributed by atoms with Crippen LogP contribution in [0.25, 0.3) is 0 Å². The summed E-state index contributed by atoms with van der Waals surface area (Å²) in [6.07, 6.45) is -2.01. The summed E-state index contributed by atoms with van der Waals surface area (Å²) in [5, 5.41) is 3.12. The molecule has 1 aromatic rings. The first-order valence-electron chi connectivity index (χ1n) is 8.43. The van der Waals surface area contributed by atoms with E-state index in [-0.39, 0.29) is 36.3 Å². The van der Waals surface area contributed by atoms with Gasteiger partial charge in [-0.1, -0.05) is 19.1 Å². The van der Waals surface area contributed by atoms with Crippen LogP contribution in [0, 0.1) is 0 Å². The first-order valence-corrected chi connectivity index (χ1v) is 8.43. The van der Waals surface area contributed by atoms with Crippen molar-refractivity contribution in [3.63, 3.8) is 0 Å². The SMILES string of the molecule is CCN1CCCC1CNC(N)=NCc1cccc(OCC(F)(F)F)c1.I. The van der Waals surface area contributed by atoms with Crippen LogP contribution < -0.4 is 15.8 Å². The average Bonchev–Trinajstić information content (AvgIpc) is 3.03. The van der Waals surface area contributed by atoms with E-state index in [1.54, 1.807) is 12.1 Å². The molecule has 9 heteroatoms. The molecule has 2 rings (SSSR count). The van der Waals surface area contributed by atoms with Crippen LogP contribution in [0.2, 0.25) is 0 Å². The standard InChI is InChI=1S/C17H25F3N4O.HI/c1-2-24-8-4-6-14(24)11-23-16(21)22-10-13-5-3-7-15(9-13)25-12-17(18,19)20;/h3,5,7,9,14H,2,4,6,8,10-12H2,1H3,(H3,21,22,23);1H. The Bertz CT molecular complexity index is 583. The fraction of sp³-hybridized carbons (Fsp3) is 0.588. The number of likely N-dealkylation sites (tertiary alicyclic amines) is 1. The van der Waals surface area contributed by atoms with Gasteiger partial charge in [-0.25, -0.2) is 4.99 Å². The van der Waals surface area contributed by atoms with Crippen LogP contribution in [0.4, 0.5) is 13.2 Å². The lowest BCUT2D eigenvalue weighted by molar-refractivity contribution is -0.153. The number of nitrogens with two attached hydrogens (primary N) is 1. The molecular weight excluding hydrogens is 460 g/mol. The van der Waals surface area contributed by atoms with Crippen molar-refractivity contribution in [1.29, 1.82) is 0 Å². The summed E-state index contributed by atoms with van der Waals surface area (Å²) in [5.74, 6) is 0.505. The topological polar surface area (TPSA) is 62.9 Å². The molecule has 5 nitrogen and oxygen atoms in total. The van der Waals surface area contributed by atoms with Gasteiger partial charge in [0.15, 0.2) is 12.6 Å². The summed E-state index contributed by atoms with van der Waals surface area (Å²) >= 11 is 0. The summed E-state index contributed by atoms with van der Waals surface area (Å²) in [6.45, 7) is 4.00. The number of rotatable bonds is 7. The van der Waals surface area contributed by atoms with Gasteiger partial charge in [0.25, 0.3) is 0 Å². The lowest BCUT2D eigenvalue weighted by Gasteiger charge is -2.23. The molecule has 0 spiro atoms. The Morgan fingerprint density at radius 2 is 2.19 bits per heavy atom. The minimum absolute atomic E-state index is 0. The second kappa shape index (κ2) is 10.8. The molecule has 1 aromatic carbocycles. The van der Waals surface area contributed by atoms with Crippen molar-refractivity contribution in [2.75, 3.05) is 26.2 Å². The van der Waals surface area contributed by atoms with Crippen molar-refractivity contribution in [2.24, 2.45) is 10.7 Å². The maximum atomic E-state index is 12.2. The van der Waals surface area contributed by atoms with Crippen LogP contribution in [-0.4, -0.2) is 49.3 Å². The van der Waals surface area contributed by atoms with Crippen molar-refractivity contribution in [2.45, 2.75) is 38.5 Å². The van der Waals surface area contributed by atoms with Crippen molar-refractivity contribution in [1.82, 2.24) is 10.2 Å².